The SMILES string of the molecule is CC(C)C1CCN(C(=O)[C@@H](NC(=O)N[C@H](CN(C(C)C)S(=O)(=O)c2cccs2)C(C)(C)C)C(C)(C)C)[C@@H]1C(=O)NC(CC1CCC1)C(=O)C(N)=O. The van der Waals surface area contributed by atoms with Gasteiger partial charge in [-0.05, 0) is 66.7 Å². The van der Waals surface area contributed by atoms with Crippen LogP contribution < -0.4 is 21.7 Å². The standard InChI is InChI=1S/C36H60N6O7S2/c1-21(2)24-16-17-41(28(24)32(45)38-25(29(43)31(37)44)19-23-13-11-14-23)33(46)30(36(8,9)10)40-34(47)39-26(35(5,6)7)20-42(22(3)4)51(48,49)27-15-12-18-50-27/h12,15,18,21-26,28,30H,11,13-14,16-17,19-20H2,1-10H3,(H2,37,44)(H,38,45)(H2,39,40,47)/t24?,25?,26-,28+,30-/m1/s1. The van der Waals surface area contributed by atoms with Crippen molar-refractivity contribution in [2.24, 2.45) is 34.3 Å². The summed E-state index contributed by atoms with van der Waals surface area (Å²) in [4.78, 5) is 68.4. The van der Waals surface area contributed by atoms with Crippen LogP contribution in [0.25, 0.3) is 0 Å². The fourth-order valence-corrected chi connectivity index (χ4v) is 9.56. The Morgan fingerprint density at radius 1 is 0.961 bits per heavy atom. The van der Waals surface area contributed by atoms with E-state index in [-0.39, 0.29) is 35.1 Å². The Morgan fingerprint density at radius 3 is 2.04 bits per heavy atom. The molecule has 0 radical (unpaired) electrons. The summed E-state index contributed by atoms with van der Waals surface area (Å²) >= 11 is 1.13. The second kappa shape index (κ2) is 16.7. The molecule has 5 atom stereocenters. The number of likely N-dealkylation sites (tertiary alicyclic amines) is 1. The highest BCUT2D eigenvalue weighted by atomic mass is 32.2. The zero-order chi connectivity index (χ0) is 38.6. The molecule has 51 heavy (non-hydrogen) atoms. The Labute approximate surface area is 308 Å². The number of carbonyl (C=O) groups excluding carboxylic acids is 5. The van der Waals surface area contributed by atoms with Crippen molar-refractivity contribution < 1.29 is 32.4 Å². The van der Waals surface area contributed by atoms with E-state index in [0.29, 0.717) is 12.8 Å². The molecule has 1 aliphatic heterocycles. The number of primary amides is 1. The first kappa shape index (κ1) is 42.4. The molecule has 2 aliphatic rings. The number of nitrogens with two attached hydrogens (primary N) is 1. The Morgan fingerprint density at radius 2 is 1.59 bits per heavy atom. The van der Waals surface area contributed by atoms with Crippen LogP contribution in [-0.4, -0.2) is 90.5 Å². The van der Waals surface area contributed by atoms with Gasteiger partial charge in [-0.15, -0.1) is 11.3 Å². The van der Waals surface area contributed by atoms with Gasteiger partial charge in [-0.1, -0.05) is 80.7 Å². The second-order valence-corrected chi connectivity index (χ2v) is 20.0. The molecule has 0 aromatic carbocycles. The molecule has 5 N–H and O–H groups in total. The van der Waals surface area contributed by atoms with Crippen molar-refractivity contribution in [1.29, 1.82) is 0 Å². The summed E-state index contributed by atoms with van der Waals surface area (Å²) in [5, 5.41) is 10.3. The highest BCUT2D eigenvalue weighted by Crippen LogP contribution is 2.35. The Balaban J connectivity index is 1.86. The molecule has 1 aromatic rings. The number of ketones is 1. The predicted octanol–water partition coefficient (Wildman–Crippen LogP) is 3.88. The normalized spacial score (nSPS) is 20.5. The molecule has 1 saturated carbocycles. The minimum Gasteiger partial charge on any atom is -0.363 e. The quantitative estimate of drug-likeness (QED) is 0.196. The number of thiophene rings is 1. The van der Waals surface area contributed by atoms with Gasteiger partial charge in [0, 0.05) is 25.2 Å². The van der Waals surface area contributed by atoms with Crippen molar-refractivity contribution in [2.45, 2.75) is 136 Å². The van der Waals surface area contributed by atoms with E-state index in [1.165, 1.54) is 9.21 Å². The molecule has 288 valence electrons. The maximum absolute atomic E-state index is 14.5. The van der Waals surface area contributed by atoms with Gasteiger partial charge in [0.2, 0.25) is 17.6 Å². The molecule has 1 aromatic heterocycles. The molecule has 13 nitrogen and oxygen atoms in total. The second-order valence-electron chi connectivity index (χ2n) is 16.9. The van der Waals surface area contributed by atoms with Gasteiger partial charge in [-0.2, -0.15) is 4.31 Å². The number of nitrogens with one attached hydrogen (secondary N) is 3. The number of amides is 5. The van der Waals surface area contributed by atoms with Crippen molar-refractivity contribution >= 4 is 50.9 Å². The van der Waals surface area contributed by atoms with Crippen molar-refractivity contribution in [3.05, 3.63) is 17.5 Å². The van der Waals surface area contributed by atoms with E-state index in [9.17, 15) is 32.4 Å². The Hall–Kier alpha value is -3.04. The van der Waals surface area contributed by atoms with E-state index in [4.69, 9.17) is 5.73 Å². The smallest absolute Gasteiger partial charge is 0.315 e. The van der Waals surface area contributed by atoms with E-state index in [2.05, 4.69) is 16.0 Å². The molecule has 1 aliphatic carbocycles. The number of rotatable bonds is 15. The first-order valence-corrected chi connectivity index (χ1v) is 20.4. The topological polar surface area (TPSA) is 188 Å². The molecule has 0 spiro atoms. The molecule has 1 saturated heterocycles. The summed E-state index contributed by atoms with van der Waals surface area (Å²) in [5.74, 6) is -2.95. The molecular formula is C36H60N6O7S2. The fraction of sp³-hybridized carbons (Fsp3) is 0.750. The number of hydrogen-bond donors (Lipinski definition) is 4. The van der Waals surface area contributed by atoms with Crippen LogP contribution in [0, 0.1) is 28.6 Å². The van der Waals surface area contributed by atoms with E-state index in [0.717, 1.165) is 30.6 Å². The zero-order valence-electron chi connectivity index (χ0n) is 31.9. The van der Waals surface area contributed by atoms with Crippen molar-refractivity contribution in [1.82, 2.24) is 25.2 Å². The number of nitrogens with zero attached hydrogens (tertiary/aromatic N) is 2. The summed E-state index contributed by atoms with van der Waals surface area (Å²) in [6.07, 6.45) is 3.67. The first-order valence-electron chi connectivity index (χ1n) is 18.0. The molecule has 5 amide bonds. The van der Waals surface area contributed by atoms with Gasteiger partial charge in [0.05, 0.1) is 6.04 Å². The van der Waals surface area contributed by atoms with Crippen LogP contribution in [0.4, 0.5) is 4.79 Å². The number of urea groups is 1. The largest absolute Gasteiger partial charge is 0.363 e. The molecule has 3 rings (SSSR count). The van der Waals surface area contributed by atoms with E-state index in [1.807, 2.05) is 55.4 Å². The molecule has 2 heterocycles. The van der Waals surface area contributed by atoms with Crippen LogP contribution >= 0.6 is 11.3 Å². The van der Waals surface area contributed by atoms with Crippen molar-refractivity contribution in [2.75, 3.05) is 13.1 Å². The van der Waals surface area contributed by atoms with Crippen LogP contribution in [0.1, 0.15) is 101 Å². The number of Topliss-reactive ketones (excluding diaryl/α,β-unsaturated/α-hetero) is 1. The average molecular weight is 753 g/mol. The van der Waals surface area contributed by atoms with Crippen LogP contribution in [0.2, 0.25) is 0 Å². The summed E-state index contributed by atoms with van der Waals surface area (Å²) in [5.41, 5.74) is 3.99. The van der Waals surface area contributed by atoms with Crippen molar-refractivity contribution in [3.8, 4) is 0 Å². The molecule has 2 unspecified atom stereocenters. The fourth-order valence-electron chi connectivity index (χ4n) is 6.79. The van der Waals surface area contributed by atoms with Gasteiger partial charge in [-0.3, -0.25) is 19.2 Å². The minimum atomic E-state index is -3.84. The third kappa shape index (κ3) is 10.5. The number of carbonyl (C=O) groups is 5. The summed E-state index contributed by atoms with van der Waals surface area (Å²) in [6.45, 7) is 18.9. The Kier molecular flexibility index (Phi) is 13.9. The summed E-state index contributed by atoms with van der Waals surface area (Å²) in [7, 11) is -3.84. The van der Waals surface area contributed by atoms with E-state index >= 15 is 0 Å². The van der Waals surface area contributed by atoms with Crippen molar-refractivity contribution in [3.63, 3.8) is 0 Å². The van der Waals surface area contributed by atoms with E-state index in [1.54, 1.807) is 31.4 Å². The lowest BCUT2D eigenvalue weighted by Crippen LogP contribution is -2.62. The predicted molar refractivity (Wildman–Crippen MR) is 198 cm³/mol. The maximum atomic E-state index is 14.5. The first-order chi connectivity index (χ1) is 23.5. The molecule has 15 heteroatoms. The molecule has 2 fully saturated rings. The van der Waals surface area contributed by atoms with Crippen LogP contribution in [0.5, 0.6) is 0 Å². The zero-order valence-corrected chi connectivity index (χ0v) is 33.6. The monoisotopic (exact) mass is 752 g/mol. The summed E-state index contributed by atoms with van der Waals surface area (Å²) < 4.78 is 28.8. The van der Waals surface area contributed by atoms with Gasteiger partial charge in [-0.25, -0.2) is 13.2 Å². The highest BCUT2D eigenvalue weighted by Gasteiger charge is 2.48. The third-order valence-electron chi connectivity index (χ3n) is 10.3. The summed E-state index contributed by atoms with van der Waals surface area (Å²) in [6, 6.07) is -1.51. The lowest BCUT2D eigenvalue weighted by molar-refractivity contribution is -0.144. The lowest BCUT2D eigenvalue weighted by atomic mass is 9.80. The lowest BCUT2D eigenvalue weighted by Gasteiger charge is -2.39. The van der Waals surface area contributed by atoms with Gasteiger partial charge in [0.1, 0.15) is 16.3 Å². The van der Waals surface area contributed by atoms with Gasteiger partial charge >= 0.3 is 6.03 Å². The van der Waals surface area contributed by atoms with E-state index < -0.39 is 80.6 Å². The van der Waals surface area contributed by atoms with Crippen LogP contribution in [-0.2, 0) is 29.2 Å². The minimum absolute atomic E-state index is 0.000559. The third-order valence-corrected chi connectivity index (χ3v) is 13.7. The number of sulfonamides is 1. The number of hydrogen-bond acceptors (Lipinski definition) is 8. The maximum Gasteiger partial charge on any atom is 0.315 e. The molecular weight excluding hydrogens is 693 g/mol. The van der Waals surface area contributed by atoms with Gasteiger partial charge < -0.3 is 26.6 Å². The van der Waals surface area contributed by atoms with Gasteiger partial charge in [0.25, 0.3) is 15.9 Å². The van der Waals surface area contributed by atoms with Gasteiger partial charge in [0.15, 0.2) is 0 Å². The molecule has 0 bridgehead atoms. The average Bonchev–Trinajstić information content (AvgIpc) is 3.68. The highest BCUT2D eigenvalue weighted by molar-refractivity contribution is 7.91. The van der Waals surface area contributed by atoms with Crippen LogP contribution in [0.3, 0.4) is 0 Å². The Bertz CT molecular complexity index is 1510. The van der Waals surface area contributed by atoms with Crippen LogP contribution in [0.15, 0.2) is 21.7 Å².